The number of nitrogens with zero attached hydrogens (tertiary/aromatic N) is 1. The van der Waals surface area contributed by atoms with Crippen LogP contribution in [0.1, 0.15) is 12.5 Å². The summed E-state index contributed by atoms with van der Waals surface area (Å²) in [6, 6.07) is 10.4. The molecule has 0 heterocycles. The highest BCUT2D eigenvalue weighted by molar-refractivity contribution is 14.1. The molecule has 1 unspecified atom stereocenters. The van der Waals surface area contributed by atoms with Crippen LogP contribution in [0.3, 0.4) is 0 Å². The lowest BCUT2D eigenvalue weighted by atomic mass is 10.1. The maximum Gasteiger partial charge on any atom is 0.252 e. The molecular weight excluding hydrogens is 513 g/mol. The number of halogens is 1. The number of benzene rings is 2. The fourth-order valence-corrected chi connectivity index (χ4v) is 3.19. The molecule has 2 aromatic carbocycles. The Labute approximate surface area is 194 Å². The van der Waals surface area contributed by atoms with Gasteiger partial charge in [0.25, 0.3) is 5.91 Å². The van der Waals surface area contributed by atoms with Crippen LogP contribution < -0.4 is 25.0 Å². The lowest BCUT2D eigenvalue weighted by Crippen LogP contribution is -2.34. The van der Waals surface area contributed by atoms with Crippen LogP contribution in [-0.2, 0) is 9.59 Å². The summed E-state index contributed by atoms with van der Waals surface area (Å²) in [5, 5.41) is 6.63. The van der Waals surface area contributed by atoms with Gasteiger partial charge in [0.1, 0.15) is 18.3 Å². The van der Waals surface area contributed by atoms with Gasteiger partial charge in [-0.15, -0.1) is 0 Å². The fourth-order valence-electron chi connectivity index (χ4n) is 2.41. The van der Waals surface area contributed by atoms with Crippen molar-refractivity contribution in [2.75, 3.05) is 26.1 Å². The molecule has 0 fully saturated rings. The summed E-state index contributed by atoms with van der Waals surface area (Å²) >= 11 is 2.12. The number of hydrogen-bond acceptors (Lipinski definition) is 6. The summed E-state index contributed by atoms with van der Waals surface area (Å²) in [5.41, 5.74) is 3.64. The van der Waals surface area contributed by atoms with Crippen LogP contribution in [0.15, 0.2) is 54.2 Å². The van der Waals surface area contributed by atoms with Crippen LogP contribution in [0.25, 0.3) is 0 Å². The molecule has 0 saturated carbocycles. The molecule has 164 valence electrons. The van der Waals surface area contributed by atoms with Gasteiger partial charge in [-0.05, 0) is 71.5 Å². The zero-order valence-electron chi connectivity index (χ0n) is 17.5. The van der Waals surface area contributed by atoms with Gasteiger partial charge in [0.2, 0.25) is 5.91 Å². The van der Waals surface area contributed by atoms with Crippen LogP contribution in [0, 0.1) is 9.49 Å². The molecule has 31 heavy (non-hydrogen) atoms. The standard InChI is InChI=1S/C22H24IN3O5/c1-5-10-31-20-18(23)11-15(12-19(20)30-4)13-24-26-22(28)14(2)21(27)25-16-6-8-17(29-3)9-7-16/h5-9,11-14H,1,10H2,2-4H3,(H,25,27)(H,26,28). The molecule has 0 spiro atoms. The molecule has 2 aromatic rings. The third-order valence-corrected chi connectivity index (χ3v) is 4.93. The Balaban J connectivity index is 1.97. The third-order valence-electron chi connectivity index (χ3n) is 4.13. The van der Waals surface area contributed by atoms with E-state index < -0.39 is 17.7 Å². The number of amides is 2. The molecule has 0 saturated heterocycles. The van der Waals surface area contributed by atoms with Crippen LogP contribution in [0.2, 0.25) is 0 Å². The molecule has 0 aliphatic carbocycles. The van der Waals surface area contributed by atoms with E-state index in [1.54, 1.807) is 43.5 Å². The van der Waals surface area contributed by atoms with Crippen LogP contribution in [0.4, 0.5) is 5.69 Å². The van der Waals surface area contributed by atoms with Gasteiger partial charge in [-0.1, -0.05) is 12.7 Å². The van der Waals surface area contributed by atoms with E-state index in [9.17, 15) is 9.59 Å². The molecule has 8 nitrogen and oxygen atoms in total. The van der Waals surface area contributed by atoms with E-state index in [0.717, 1.165) is 3.57 Å². The fraction of sp³-hybridized carbons (Fsp3) is 0.227. The Bertz CT molecular complexity index is 960. The summed E-state index contributed by atoms with van der Waals surface area (Å²) in [6.07, 6.45) is 3.11. The highest BCUT2D eigenvalue weighted by atomic mass is 127. The minimum Gasteiger partial charge on any atom is -0.497 e. The molecular formula is C22H24IN3O5. The summed E-state index contributed by atoms with van der Waals surface area (Å²) < 4.78 is 16.9. The van der Waals surface area contributed by atoms with Crippen LogP contribution >= 0.6 is 22.6 Å². The zero-order valence-corrected chi connectivity index (χ0v) is 19.6. The van der Waals surface area contributed by atoms with E-state index in [1.807, 2.05) is 6.07 Å². The number of carbonyl (C=O) groups is 2. The number of rotatable bonds is 10. The minimum atomic E-state index is -0.941. The molecule has 9 heteroatoms. The van der Waals surface area contributed by atoms with Crippen molar-refractivity contribution in [2.45, 2.75) is 6.92 Å². The first-order valence-corrected chi connectivity index (χ1v) is 10.4. The van der Waals surface area contributed by atoms with E-state index in [0.29, 0.717) is 35.1 Å². The van der Waals surface area contributed by atoms with Gasteiger partial charge in [0.05, 0.1) is 24.0 Å². The number of carbonyl (C=O) groups excluding carboxylic acids is 2. The zero-order chi connectivity index (χ0) is 22.8. The van der Waals surface area contributed by atoms with Crippen molar-refractivity contribution in [1.82, 2.24) is 5.43 Å². The Morgan fingerprint density at radius 3 is 2.48 bits per heavy atom. The second-order valence-corrected chi connectivity index (χ2v) is 7.47. The average Bonchev–Trinajstić information content (AvgIpc) is 2.77. The van der Waals surface area contributed by atoms with Gasteiger partial charge in [0, 0.05) is 5.69 Å². The number of hydrogen-bond donors (Lipinski definition) is 2. The number of nitrogens with one attached hydrogen (secondary N) is 2. The second-order valence-electron chi connectivity index (χ2n) is 6.31. The first-order valence-electron chi connectivity index (χ1n) is 9.28. The maximum absolute atomic E-state index is 12.3. The van der Waals surface area contributed by atoms with Gasteiger partial charge >= 0.3 is 0 Å². The van der Waals surface area contributed by atoms with E-state index in [1.165, 1.54) is 20.2 Å². The predicted molar refractivity (Wildman–Crippen MR) is 128 cm³/mol. The monoisotopic (exact) mass is 537 g/mol. The number of hydrazone groups is 1. The largest absolute Gasteiger partial charge is 0.497 e. The lowest BCUT2D eigenvalue weighted by Gasteiger charge is -2.12. The predicted octanol–water partition coefficient (Wildman–Crippen LogP) is 3.60. The summed E-state index contributed by atoms with van der Waals surface area (Å²) in [5.74, 6) is -0.109. The summed E-state index contributed by atoms with van der Waals surface area (Å²) in [7, 11) is 3.10. The molecule has 0 aliphatic rings. The maximum atomic E-state index is 12.3. The van der Waals surface area contributed by atoms with Crippen molar-refractivity contribution in [1.29, 1.82) is 0 Å². The molecule has 2 N–H and O–H groups in total. The molecule has 0 bridgehead atoms. The van der Waals surface area contributed by atoms with Gasteiger partial charge < -0.3 is 19.5 Å². The Morgan fingerprint density at radius 1 is 1.16 bits per heavy atom. The highest BCUT2D eigenvalue weighted by Crippen LogP contribution is 2.33. The topological polar surface area (TPSA) is 98.2 Å². The first-order chi connectivity index (χ1) is 14.9. The Kier molecular flexibility index (Phi) is 9.32. The van der Waals surface area contributed by atoms with E-state index >= 15 is 0 Å². The lowest BCUT2D eigenvalue weighted by molar-refractivity contribution is -0.131. The average molecular weight is 537 g/mol. The SMILES string of the molecule is C=CCOc1c(I)cc(C=NNC(=O)C(C)C(=O)Nc2ccc(OC)cc2)cc1OC. The van der Waals surface area contributed by atoms with Crippen molar-refractivity contribution < 1.29 is 23.8 Å². The number of ether oxygens (including phenoxy) is 3. The molecule has 2 rings (SSSR count). The van der Waals surface area contributed by atoms with Gasteiger partial charge in [0.15, 0.2) is 11.5 Å². The molecule has 0 aliphatic heterocycles. The van der Waals surface area contributed by atoms with Crippen molar-refractivity contribution in [3.63, 3.8) is 0 Å². The smallest absolute Gasteiger partial charge is 0.252 e. The van der Waals surface area contributed by atoms with Gasteiger partial charge in [-0.25, -0.2) is 5.43 Å². The number of anilines is 1. The van der Waals surface area contributed by atoms with E-state index in [-0.39, 0.29) is 0 Å². The quantitative estimate of drug-likeness (QED) is 0.159. The Hall–Kier alpha value is -3.08. The Morgan fingerprint density at radius 2 is 1.87 bits per heavy atom. The van der Waals surface area contributed by atoms with Crippen molar-refractivity contribution in [2.24, 2.45) is 11.0 Å². The molecule has 2 amide bonds. The third kappa shape index (κ3) is 6.99. The first kappa shape index (κ1) is 24.2. The van der Waals surface area contributed by atoms with Gasteiger partial charge in [-0.3, -0.25) is 9.59 Å². The van der Waals surface area contributed by atoms with Crippen molar-refractivity contribution >= 4 is 46.3 Å². The van der Waals surface area contributed by atoms with Gasteiger partial charge in [-0.2, -0.15) is 5.10 Å². The van der Waals surface area contributed by atoms with Crippen molar-refractivity contribution in [3.8, 4) is 17.2 Å². The molecule has 0 aromatic heterocycles. The van der Waals surface area contributed by atoms with Crippen LogP contribution in [-0.4, -0.2) is 38.9 Å². The van der Waals surface area contributed by atoms with Crippen molar-refractivity contribution in [3.05, 3.63) is 58.2 Å². The second kappa shape index (κ2) is 11.9. The minimum absolute atomic E-state index is 0.354. The summed E-state index contributed by atoms with van der Waals surface area (Å²) in [4.78, 5) is 24.6. The van der Waals surface area contributed by atoms with E-state index in [2.05, 4.69) is 45.0 Å². The van der Waals surface area contributed by atoms with E-state index in [4.69, 9.17) is 14.2 Å². The molecule has 1 atom stereocenters. The molecule has 0 radical (unpaired) electrons. The number of methoxy groups -OCH3 is 2. The normalized spacial score (nSPS) is 11.5. The highest BCUT2D eigenvalue weighted by Gasteiger charge is 2.21. The van der Waals surface area contributed by atoms with Crippen LogP contribution in [0.5, 0.6) is 17.2 Å². The summed E-state index contributed by atoms with van der Waals surface area (Å²) in [6.45, 7) is 5.48.